The van der Waals surface area contributed by atoms with Gasteiger partial charge in [-0.3, -0.25) is 19.2 Å². The Labute approximate surface area is 287 Å². The topological polar surface area (TPSA) is 198 Å². The molecule has 10 N–H and O–H groups in total. The van der Waals surface area contributed by atoms with Crippen molar-refractivity contribution in [3.05, 3.63) is 36.0 Å². The Balaban J connectivity index is 2.03. The minimum absolute atomic E-state index is 0.176. The first-order chi connectivity index (χ1) is 23.3. The van der Waals surface area contributed by atoms with E-state index in [0.717, 1.165) is 35.7 Å². The van der Waals surface area contributed by atoms with E-state index in [1.807, 2.05) is 30.5 Å². The first-order valence-corrected chi connectivity index (χ1v) is 18.4. The standard InChI is InChI=1S/C37H63N7O4/c1-2-3-4-5-6-7-8-9-10-11-12-23-34(45)42-32(22-16-18-25-39)36(47)44-33(26-28-27-41-30-20-14-13-19-29(28)30)37(48)43-31(35(40)46)21-15-17-24-38/h13-14,19-20,27,31-33,41H,2-12,15-18,21-26,38-39H2,1H3,(H2,40,46)(H,42,45)(H,43,48)(H,44,47)/t31-,32-,33-/m0/s1. The van der Waals surface area contributed by atoms with Gasteiger partial charge in [0.15, 0.2) is 0 Å². The fourth-order valence-corrected chi connectivity index (χ4v) is 6.03. The van der Waals surface area contributed by atoms with Gasteiger partial charge < -0.3 is 38.1 Å². The molecule has 0 bridgehead atoms. The SMILES string of the molecule is CCCCCCCCCCCCCC(=O)N[C@@H](CCCCN)C(=O)N[C@@H](Cc1c[nH]c2ccccc12)C(=O)N[C@@H](CCCCN)C(N)=O. The highest BCUT2D eigenvalue weighted by molar-refractivity contribution is 5.94. The maximum absolute atomic E-state index is 13.7. The van der Waals surface area contributed by atoms with Gasteiger partial charge in [-0.05, 0) is 69.7 Å². The molecule has 0 unspecified atom stereocenters. The summed E-state index contributed by atoms with van der Waals surface area (Å²) in [5.74, 6) is -1.78. The summed E-state index contributed by atoms with van der Waals surface area (Å²) in [6.07, 6.45) is 18.9. The van der Waals surface area contributed by atoms with Gasteiger partial charge in [0.25, 0.3) is 0 Å². The van der Waals surface area contributed by atoms with Crippen molar-refractivity contribution >= 4 is 34.5 Å². The maximum Gasteiger partial charge on any atom is 0.243 e. The third kappa shape index (κ3) is 16.1. The van der Waals surface area contributed by atoms with Gasteiger partial charge in [0.2, 0.25) is 23.6 Å². The molecule has 48 heavy (non-hydrogen) atoms. The van der Waals surface area contributed by atoms with E-state index in [1.165, 1.54) is 51.4 Å². The zero-order valence-corrected chi connectivity index (χ0v) is 29.3. The number of hydrogen-bond donors (Lipinski definition) is 7. The van der Waals surface area contributed by atoms with Crippen LogP contribution in [0.2, 0.25) is 0 Å². The first-order valence-electron chi connectivity index (χ1n) is 18.4. The van der Waals surface area contributed by atoms with E-state index < -0.39 is 35.8 Å². The molecule has 4 amide bonds. The van der Waals surface area contributed by atoms with Gasteiger partial charge in [-0.25, -0.2) is 0 Å². The van der Waals surface area contributed by atoms with E-state index in [2.05, 4.69) is 27.9 Å². The number of rotatable bonds is 28. The van der Waals surface area contributed by atoms with E-state index in [4.69, 9.17) is 17.2 Å². The molecule has 1 heterocycles. The number of benzene rings is 1. The summed E-state index contributed by atoms with van der Waals surface area (Å²) in [4.78, 5) is 55.7. The summed E-state index contributed by atoms with van der Waals surface area (Å²) < 4.78 is 0. The van der Waals surface area contributed by atoms with Crippen molar-refractivity contribution in [2.75, 3.05) is 13.1 Å². The lowest BCUT2D eigenvalue weighted by atomic mass is 10.0. The number of fused-ring (bicyclic) bond motifs is 1. The highest BCUT2D eigenvalue weighted by Gasteiger charge is 2.29. The number of aromatic nitrogens is 1. The van der Waals surface area contributed by atoms with Crippen molar-refractivity contribution in [3.63, 3.8) is 0 Å². The average molecular weight is 670 g/mol. The Morgan fingerprint density at radius 2 is 1.21 bits per heavy atom. The molecular formula is C37H63N7O4. The van der Waals surface area contributed by atoms with Crippen LogP contribution in [0.1, 0.15) is 128 Å². The maximum atomic E-state index is 13.7. The molecule has 11 nitrogen and oxygen atoms in total. The number of amides is 4. The minimum Gasteiger partial charge on any atom is -0.368 e. The third-order valence-electron chi connectivity index (χ3n) is 8.94. The molecule has 11 heteroatoms. The summed E-state index contributed by atoms with van der Waals surface area (Å²) in [5.41, 5.74) is 18.7. The van der Waals surface area contributed by atoms with Crippen LogP contribution < -0.4 is 33.2 Å². The third-order valence-corrected chi connectivity index (χ3v) is 8.94. The number of carbonyl (C=O) groups is 4. The van der Waals surface area contributed by atoms with Crippen molar-refractivity contribution < 1.29 is 19.2 Å². The van der Waals surface area contributed by atoms with Gasteiger partial charge in [0, 0.05) is 29.9 Å². The van der Waals surface area contributed by atoms with Crippen LogP contribution in [-0.4, -0.2) is 59.8 Å². The molecule has 0 aliphatic carbocycles. The fourth-order valence-electron chi connectivity index (χ4n) is 6.03. The van der Waals surface area contributed by atoms with Crippen LogP contribution in [0.5, 0.6) is 0 Å². The molecule has 0 spiro atoms. The van der Waals surface area contributed by atoms with Crippen LogP contribution >= 0.6 is 0 Å². The van der Waals surface area contributed by atoms with E-state index in [9.17, 15) is 19.2 Å². The number of aromatic amines is 1. The van der Waals surface area contributed by atoms with Crippen molar-refractivity contribution in [1.29, 1.82) is 0 Å². The van der Waals surface area contributed by atoms with Gasteiger partial charge in [0.1, 0.15) is 18.1 Å². The number of unbranched alkanes of at least 4 members (excludes halogenated alkanes) is 12. The summed E-state index contributed by atoms with van der Waals surface area (Å²) in [6, 6.07) is 5.00. The number of nitrogens with two attached hydrogens (primary N) is 3. The predicted molar refractivity (Wildman–Crippen MR) is 194 cm³/mol. The van der Waals surface area contributed by atoms with E-state index in [-0.39, 0.29) is 12.3 Å². The lowest BCUT2D eigenvalue weighted by Crippen LogP contribution is -2.57. The molecule has 0 fully saturated rings. The molecule has 0 radical (unpaired) electrons. The molecule has 2 rings (SSSR count). The molecular weight excluding hydrogens is 606 g/mol. The summed E-state index contributed by atoms with van der Waals surface area (Å²) in [6.45, 7) is 3.18. The lowest BCUT2D eigenvalue weighted by Gasteiger charge is -2.25. The van der Waals surface area contributed by atoms with Gasteiger partial charge in [-0.1, -0.05) is 89.3 Å². The highest BCUT2D eigenvalue weighted by atomic mass is 16.2. The van der Waals surface area contributed by atoms with Crippen LogP contribution in [0.4, 0.5) is 0 Å². The van der Waals surface area contributed by atoms with Crippen molar-refractivity contribution in [3.8, 4) is 0 Å². The second-order valence-electron chi connectivity index (χ2n) is 13.1. The lowest BCUT2D eigenvalue weighted by molar-refractivity contribution is -0.133. The molecule has 3 atom stereocenters. The second-order valence-corrected chi connectivity index (χ2v) is 13.1. The molecule has 0 saturated heterocycles. The Kier molecular flexibility index (Phi) is 20.9. The zero-order valence-electron chi connectivity index (χ0n) is 29.3. The molecule has 0 saturated carbocycles. The quantitative estimate of drug-likeness (QED) is 0.0646. The number of para-hydroxylation sites is 1. The molecule has 0 aliphatic heterocycles. The van der Waals surface area contributed by atoms with E-state index >= 15 is 0 Å². The first kappa shape index (κ1) is 40.7. The van der Waals surface area contributed by atoms with Gasteiger partial charge in [-0.2, -0.15) is 0 Å². The number of H-pyrrole nitrogens is 1. The Bertz CT molecular complexity index is 1220. The predicted octanol–water partition coefficient (Wildman–Crippen LogP) is 4.61. The van der Waals surface area contributed by atoms with Crippen LogP contribution in [0.15, 0.2) is 30.5 Å². The van der Waals surface area contributed by atoms with Gasteiger partial charge in [-0.15, -0.1) is 0 Å². The highest BCUT2D eigenvalue weighted by Crippen LogP contribution is 2.20. The Hall–Kier alpha value is -3.44. The molecule has 2 aromatic rings. The van der Waals surface area contributed by atoms with Crippen molar-refractivity contribution in [2.45, 2.75) is 147 Å². The fraction of sp³-hybridized carbons (Fsp3) is 0.676. The monoisotopic (exact) mass is 669 g/mol. The molecule has 270 valence electrons. The summed E-state index contributed by atoms with van der Waals surface area (Å²) in [7, 11) is 0. The van der Waals surface area contributed by atoms with Gasteiger partial charge >= 0.3 is 0 Å². The minimum atomic E-state index is -1.01. The van der Waals surface area contributed by atoms with Crippen LogP contribution in [0.3, 0.4) is 0 Å². The Morgan fingerprint density at radius 1 is 0.667 bits per heavy atom. The van der Waals surface area contributed by atoms with E-state index in [0.29, 0.717) is 58.0 Å². The van der Waals surface area contributed by atoms with Crippen molar-refractivity contribution in [1.82, 2.24) is 20.9 Å². The number of primary amides is 1. The molecule has 1 aromatic carbocycles. The number of hydrogen-bond acceptors (Lipinski definition) is 6. The van der Waals surface area contributed by atoms with Gasteiger partial charge in [0.05, 0.1) is 0 Å². The Morgan fingerprint density at radius 3 is 1.81 bits per heavy atom. The summed E-state index contributed by atoms with van der Waals surface area (Å²) in [5, 5.41) is 9.50. The zero-order chi connectivity index (χ0) is 35.0. The van der Waals surface area contributed by atoms with Crippen LogP contribution in [-0.2, 0) is 25.6 Å². The second kappa shape index (κ2) is 24.7. The normalized spacial score (nSPS) is 13.1. The number of nitrogens with one attached hydrogen (secondary N) is 4. The summed E-state index contributed by atoms with van der Waals surface area (Å²) >= 11 is 0. The van der Waals surface area contributed by atoms with Crippen LogP contribution in [0.25, 0.3) is 10.9 Å². The average Bonchev–Trinajstić information content (AvgIpc) is 3.48. The molecule has 0 aliphatic rings. The number of carbonyl (C=O) groups excluding carboxylic acids is 4. The van der Waals surface area contributed by atoms with Crippen LogP contribution in [0, 0.1) is 0 Å². The largest absolute Gasteiger partial charge is 0.368 e. The molecule has 1 aromatic heterocycles. The van der Waals surface area contributed by atoms with E-state index in [1.54, 1.807) is 0 Å². The van der Waals surface area contributed by atoms with Crippen molar-refractivity contribution in [2.24, 2.45) is 17.2 Å². The smallest absolute Gasteiger partial charge is 0.243 e.